The molecule has 0 radical (unpaired) electrons. The van der Waals surface area contributed by atoms with Gasteiger partial charge in [0.1, 0.15) is 5.75 Å². The summed E-state index contributed by atoms with van der Waals surface area (Å²) < 4.78 is 6.15. The summed E-state index contributed by atoms with van der Waals surface area (Å²) in [5.74, 6) is 1.27. The number of nitrogens with zero attached hydrogens (tertiary/aromatic N) is 2. The van der Waals surface area contributed by atoms with Crippen molar-refractivity contribution < 1.29 is 19.4 Å². The molecule has 2 amide bonds. The van der Waals surface area contributed by atoms with Gasteiger partial charge < -0.3 is 20.1 Å². The van der Waals surface area contributed by atoms with Crippen LogP contribution in [0.1, 0.15) is 68.3 Å². The van der Waals surface area contributed by atoms with E-state index < -0.39 is 0 Å². The molecule has 2 aliphatic heterocycles. The van der Waals surface area contributed by atoms with Gasteiger partial charge in [0.15, 0.2) is 0 Å². The average Bonchev–Trinajstić information content (AvgIpc) is 2.78. The lowest BCUT2D eigenvalue weighted by Gasteiger charge is -2.31. The van der Waals surface area contributed by atoms with Gasteiger partial charge in [0.25, 0.3) is 5.91 Å². The minimum Gasteiger partial charge on any atom is -0.493 e. The van der Waals surface area contributed by atoms with Crippen molar-refractivity contribution in [1.82, 2.24) is 15.1 Å². The largest absolute Gasteiger partial charge is 0.493 e. The Bertz CT molecular complexity index is 760. The van der Waals surface area contributed by atoms with Crippen LogP contribution in [0.5, 0.6) is 5.75 Å². The number of nitrogens with one attached hydrogen (secondary N) is 1. The molecule has 1 aromatic rings. The summed E-state index contributed by atoms with van der Waals surface area (Å²) >= 11 is 0. The minimum absolute atomic E-state index is 0.0186. The maximum atomic E-state index is 13.4. The van der Waals surface area contributed by atoms with E-state index in [9.17, 15) is 14.7 Å². The highest BCUT2D eigenvalue weighted by atomic mass is 16.5. The second-order valence-electron chi connectivity index (χ2n) is 9.46. The van der Waals surface area contributed by atoms with Gasteiger partial charge in [-0.1, -0.05) is 19.9 Å². The first-order chi connectivity index (χ1) is 15.4. The molecule has 0 saturated carbocycles. The van der Waals surface area contributed by atoms with Crippen molar-refractivity contribution in [3.8, 4) is 5.75 Å². The summed E-state index contributed by atoms with van der Waals surface area (Å²) in [5.41, 5.74) is 1.50. The number of amides is 2. The quantitative estimate of drug-likeness (QED) is 0.745. The number of aliphatic hydroxyl groups is 1. The third-order valence-electron chi connectivity index (χ3n) is 6.29. The number of ether oxygens (including phenoxy) is 1. The van der Waals surface area contributed by atoms with E-state index in [2.05, 4.69) is 24.1 Å². The maximum Gasteiger partial charge on any atom is 0.254 e. The first-order valence-corrected chi connectivity index (χ1v) is 12.1. The van der Waals surface area contributed by atoms with Crippen LogP contribution in [0.4, 0.5) is 0 Å². The number of rotatable bonds is 4. The second kappa shape index (κ2) is 12.2. The Kier molecular flexibility index (Phi) is 9.36. The van der Waals surface area contributed by atoms with Crippen molar-refractivity contribution in [1.29, 1.82) is 0 Å². The number of piperidine rings is 1. The molecule has 7 heteroatoms. The highest BCUT2D eigenvalue weighted by Crippen LogP contribution is 2.27. The summed E-state index contributed by atoms with van der Waals surface area (Å²) in [6.45, 7) is 8.35. The zero-order valence-electron chi connectivity index (χ0n) is 19.6. The van der Waals surface area contributed by atoms with Crippen molar-refractivity contribution in [3.05, 3.63) is 29.3 Å². The van der Waals surface area contributed by atoms with E-state index in [1.807, 2.05) is 23.1 Å². The highest BCUT2D eigenvalue weighted by Gasteiger charge is 2.26. The molecule has 2 N–H and O–H groups in total. The lowest BCUT2D eigenvalue weighted by atomic mass is 10.0. The number of fused-ring (bicyclic) bond motifs is 1. The lowest BCUT2D eigenvalue weighted by Crippen LogP contribution is -2.41. The number of benzene rings is 1. The van der Waals surface area contributed by atoms with Gasteiger partial charge in [0.05, 0.1) is 19.3 Å². The van der Waals surface area contributed by atoms with Gasteiger partial charge in [0.2, 0.25) is 5.91 Å². The Hall–Kier alpha value is -2.12. The number of hydrogen-bond donors (Lipinski definition) is 2. The molecule has 1 aromatic carbocycles. The Morgan fingerprint density at radius 1 is 1.19 bits per heavy atom. The standard InChI is InChI=1S/C25H39N3O4/c1-19(2)9-13-27-17-22-21(25(31)28-14-10-20(29)11-15-28)7-6-8-23(22)32-16-5-3-4-12-26-24(30)18-27/h6-8,19-20,29H,3-5,9-18H2,1-2H3,(H,26,30). The first kappa shape index (κ1) is 24.5. The van der Waals surface area contributed by atoms with Crippen molar-refractivity contribution in [2.75, 3.05) is 39.3 Å². The van der Waals surface area contributed by atoms with Gasteiger partial charge in [-0.15, -0.1) is 0 Å². The van der Waals surface area contributed by atoms with Crippen LogP contribution in [0.15, 0.2) is 18.2 Å². The zero-order chi connectivity index (χ0) is 22.9. The van der Waals surface area contributed by atoms with Crippen molar-refractivity contribution >= 4 is 11.8 Å². The van der Waals surface area contributed by atoms with Gasteiger partial charge in [-0.05, 0) is 63.1 Å². The van der Waals surface area contributed by atoms with Gasteiger partial charge in [-0.25, -0.2) is 0 Å². The number of hydrogen-bond acceptors (Lipinski definition) is 5. The van der Waals surface area contributed by atoms with Gasteiger partial charge >= 0.3 is 0 Å². The number of carbonyl (C=O) groups is 2. The first-order valence-electron chi connectivity index (χ1n) is 12.1. The fraction of sp³-hybridized carbons (Fsp3) is 0.680. The molecule has 0 unspecified atom stereocenters. The van der Waals surface area contributed by atoms with E-state index >= 15 is 0 Å². The van der Waals surface area contributed by atoms with E-state index in [-0.39, 0.29) is 17.9 Å². The van der Waals surface area contributed by atoms with E-state index in [0.717, 1.165) is 43.5 Å². The summed E-state index contributed by atoms with van der Waals surface area (Å²) in [4.78, 5) is 30.0. The molecule has 32 heavy (non-hydrogen) atoms. The molecule has 0 atom stereocenters. The normalized spacial score (nSPS) is 19.9. The fourth-order valence-corrected chi connectivity index (χ4v) is 4.25. The zero-order valence-corrected chi connectivity index (χ0v) is 19.6. The molecule has 1 fully saturated rings. The Balaban J connectivity index is 1.89. The van der Waals surface area contributed by atoms with Crippen molar-refractivity contribution in [2.24, 2.45) is 5.92 Å². The number of aliphatic hydroxyl groups excluding tert-OH is 1. The molecular formula is C25H39N3O4. The Morgan fingerprint density at radius 3 is 2.72 bits per heavy atom. The monoisotopic (exact) mass is 445 g/mol. The molecule has 2 heterocycles. The molecule has 0 aliphatic carbocycles. The molecule has 0 bridgehead atoms. The van der Waals surface area contributed by atoms with E-state index in [1.54, 1.807) is 0 Å². The molecule has 0 spiro atoms. The van der Waals surface area contributed by atoms with Crippen LogP contribution >= 0.6 is 0 Å². The molecule has 0 aromatic heterocycles. The van der Waals surface area contributed by atoms with Gasteiger partial charge in [-0.3, -0.25) is 14.5 Å². The molecule has 1 saturated heterocycles. The Morgan fingerprint density at radius 2 is 1.97 bits per heavy atom. The smallest absolute Gasteiger partial charge is 0.254 e. The van der Waals surface area contributed by atoms with E-state index in [1.165, 1.54) is 0 Å². The molecule has 3 rings (SSSR count). The van der Waals surface area contributed by atoms with E-state index in [4.69, 9.17) is 4.74 Å². The number of likely N-dealkylation sites (tertiary alicyclic amines) is 1. The topological polar surface area (TPSA) is 82.1 Å². The van der Waals surface area contributed by atoms with Crippen LogP contribution in [0.25, 0.3) is 0 Å². The molecular weight excluding hydrogens is 406 g/mol. The predicted molar refractivity (Wildman–Crippen MR) is 125 cm³/mol. The number of carbonyl (C=O) groups excluding carboxylic acids is 2. The van der Waals surface area contributed by atoms with Crippen LogP contribution in [-0.4, -0.2) is 72.2 Å². The van der Waals surface area contributed by atoms with Crippen LogP contribution in [0.2, 0.25) is 0 Å². The third-order valence-corrected chi connectivity index (χ3v) is 6.29. The summed E-state index contributed by atoms with van der Waals surface area (Å²) in [7, 11) is 0. The highest BCUT2D eigenvalue weighted by molar-refractivity contribution is 5.96. The van der Waals surface area contributed by atoms with Crippen LogP contribution in [-0.2, 0) is 11.3 Å². The van der Waals surface area contributed by atoms with Crippen LogP contribution < -0.4 is 10.1 Å². The second-order valence-corrected chi connectivity index (χ2v) is 9.46. The SMILES string of the molecule is CC(C)CCN1CC(=O)NCCCCCOc2cccc(C(=O)N3CCC(O)CC3)c2C1. The van der Waals surface area contributed by atoms with Crippen molar-refractivity contribution in [2.45, 2.75) is 65.0 Å². The maximum absolute atomic E-state index is 13.4. The van der Waals surface area contributed by atoms with Gasteiger partial charge in [-0.2, -0.15) is 0 Å². The fourth-order valence-electron chi connectivity index (χ4n) is 4.25. The van der Waals surface area contributed by atoms with Crippen LogP contribution in [0, 0.1) is 5.92 Å². The molecule has 7 nitrogen and oxygen atoms in total. The Labute approximate surface area is 192 Å². The van der Waals surface area contributed by atoms with E-state index in [0.29, 0.717) is 63.7 Å². The average molecular weight is 446 g/mol. The molecule has 2 aliphatic rings. The summed E-state index contributed by atoms with van der Waals surface area (Å²) in [5, 5.41) is 12.9. The third kappa shape index (κ3) is 7.20. The van der Waals surface area contributed by atoms with Crippen molar-refractivity contribution in [3.63, 3.8) is 0 Å². The van der Waals surface area contributed by atoms with Crippen LogP contribution in [0.3, 0.4) is 0 Å². The lowest BCUT2D eigenvalue weighted by molar-refractivity contribution is -0.122. The predicted octanol–water partition coefficient (Wildman–Crippen LogP) is 2.81. The molecule has 178 valence electrons. The summed E-state index contributed by atoms with van der Waals surface area (Å²) in [6, 6.07) is 5.69. The van der Waals surface area contributed by atoms with Gasteiger partial charge in [0, 0.05) is 37.3 Å². The summed E-state index contributed by atoms with van der Waals surface area (Å²) in [6.07, 6.45) is 4.70. The minimum atomic E-state index is -0.326.